The van der Waals surface area contributed by atoms with E-state index >= 15 is 0 Å². The molecule has 4 N–H and O–H groups in total. The number of hydrogen-bond donors (Lipinski definition) is 3. The number of rotatable bonds is 8. The zero-order chi connectivity index (χ0) is 30.0. The van der Waals surface area contributed by atoms with Crippen LogP contribution in [0.3, 0.4) is 0 Å². The molecule has 0 aromatic heterocycles. The largest absolute Gasteiger partial charge is 0.460 e. The maximum atomic E-state index is 13.2. The number of primary amides is 1. The van der Waals surface area contributed by atoms with Crippen molar-refractivity contribution < 1.29 is 33.8 Å². The summed E-state index contributed by atoms with van der Waals surface area (Å²) in [6.45, 7) is 12.7. The molecule has 0 bridgehead atoms. The van der Waals surface area contributed by atoms with Crippen LogP contribution in [0.5, 0.6) is 0 Å². The highest BCUT2D eigenvalue weighted by Crippen LogP contribution is 2.36. The molecular formula is C30H45N3O7. The zero-order valence-corrected chi connectivity index (χ0v) is 24.8. The first-order chi connectivity index (χ1) is 18.3. The van der Waals surface area contributed by atoms with Gasteiger partial charge in [0.15, 0.2) is 0 Å². The van der Waals surface area contributed by atoms with Crippen molar-refractivity contribution in [1.82, 2.24) is 10.2 Å². The average Bonchev–Trinajstić information content (AvgIpc) is 3.08. The SMILES string of the molecule is CC(C)(C)OC(=O)CCC(C(N)=O)N1Cc2cc(C[C@H]3C[C@@](C)(O)CC[C@@H]3NC(=O)OC(C)(C)C)ccc2C1=O. The predicted molar refractivity (Wildman–Crippen MR) is 149 cm³/mol. The van der Waals surface area contributed by atoms with E-state index in [1.165, 1.54) is 4.90 Å². The standard InChI is InChI=1S/C30H45N3O7/c1-28(2,3)39-24(34)11-10-23(25(31)35)33-17-20-15-18(8-9-21(20)26(33)36)14-19-16-30(7,38)13-12-22(19)32-27(37)40-29(4,5)6/h8-9,15,19,22-23,38H,10-14,16-17H2,1-7H3,(H2,31,35)(H,32,37)/t19-,22-,23?,30-/m0/s1. The van der Waals surface area contributed by atoms with Crippen LogP contribution in [0.25, 0.3) is 0 Å². The van der Waals surface area contributed by atoms with E-state index in [2.05, 4.69) is 5.32 Å². The van der Waals surface area contributed by atoms with Gasteiger partial charge in [-0.1, -0.05) is 12.1 Å². The van der Waals surface area contributed by atoms with Crippen molar-refractivity contribution in [2.75, 3.05) is 0 Å². The van der Waals surface area contributed by atoms with Crippen molar-refractivity contribution in [2.45, 2.75) is 122 Å². The first-order valence-corrected chi connectivity index (χ1v) is 14.0. The number of amides is 3. The number of alkyl carbamates (subject to hydrolysis) is 1. The smallest absolute Gasteiger partial charge is 0.407 e. The Morgan fingerprint density at radius 1 is 1.15 bits per heavy atom. The topological polar surface area (TPSA) is 148 Å². The Morgan fingerprint density at radius 3 is 2.40 bits per heavy atom. The van der Waals surface area contributed by atoms with Crippen LogP contribution in [-0.2, 0) is 32.0 Å². The van der Waals surface area contributed by atoms with Crippen LogP contribution in [0.4, 0.5) is 4.79 Å². The van der Waals surface area contributed by atoms with Gasteiger partial charge in [0.1, 0.15) is 17.2 Å². The highest BCUT2D eigenvalue weighted by Gasteiger charge is 2.39. The summed E-state index contributed by atoms with van der Waals surface area (Å²) in [6, 6.07) is 4.44. The van der Waals surface area contributed by atoms with E-state index < -0.39 is 40.8 Å². The summed E-state index contributed by atoms with van der Waals surface area (Å²) in [5.74, 6) is -1.48. The molecule has 1 aliphatic carbocycles. The molecule has 1 saturated carbocycles. The van der Waals surface area contributed by atoms with Gasteiger partial charge in [-0.2, -0.15) is 0 Å². The minimum absolute atomic E-state index is 0.0378. The number of carbonyl (C=O) groups is 4. The molecule has 3 rings (SSSR count). The lowest BCUT2D eigenvalue weighted by Gasteiger charge is -2.40. The predicted octanol–water partition coefficient (Wildman–Crippen LogP) is 3.61. The highest BCUT2D eigenvalue weighted by atomic mass is 16.6. The van der Waals surface area contributed by atoms with Crippen LogP contribution >= 0.6 is 0 Å². The molecule has 1 heterocycles. The number of esters is 1. The summed E-state index contributed by atoms with van der Waals surface area (Å²) in [7, 11) is 0. The number of ether oxygens (including phenoxy) is 2. The second-order valence-corrected chi connectivity index (χ2v) is 13.4. The van der Waals surface area contributed by atoms with E-state index in [4.69, 9.17) is 15.2 Å². The van der Waals surface area contributed by atoms with Crippen LogP contribution in [0.15, 0.2) is 18.2 Å². The molecule has 1 unspecified atom stereocenters. The van der Waals surface area contributed by atoms with Gasteiger partial charge in [-0.05, 0) is 104 Å². The fourth-order valence-electron chi connectivity index (χ4n) is 5.55. The van der Waals surface area contributed by atoms with Gasteiger partial charge in [0.2, 0.25) is 5.91 Å². The number of aliphatic hydroxyl groups is 1. The molecule has 3 amide bonds. The van der Waals surface area contributed by atoms with Crippen molar-refractivity contribution >= 4 is 23.9 Å². The molecule has 2 aliphatic rings. The molecule has 10 heteroatoms. The summed E-state index contributed by atoms with van der Waals surface area (Å²) in [6.07, 6.45) is 1.82. The summed E-state index contributed by atoms with van der Waals surface area (Å²) in [4.78, 5) is 51.6. The molecule has 0 radical (unpaired) electrons. The van der Waals surface area contributed by atoms with Gasteiger partial charge >= 0.3 is 12.1 Å². The van der Waals surface area contributed by atoms with Gasteiger partial charge in [-0.3, -0.25) is 14.4 Å². The molecule has 0 saturated heterocycles. The number of fused-ring (bicyclic) bond motifs is 1. The summed E-state index contributed by atoms with van der Waals surface area (Å²) < 4.78 is 10.8. The third-order valence-corrected chi connectivity index (χ3v) is 7.21. The summed E-state index contributed by atoms with van der Waals surface area (Å²) in [5.41, 5.74) is 5.75. The maximum Gasteiger partial charge on any atom is 0.407 e. The molecular weight excluding hydrogens is 514 g/mol. The monoisotopic (exact) mass is 559 g/mol. The molecule has 222 valence electrons. The van der Waals surface area contributed by atoms with Crippen molar-refractivity contribution in [3.8, 4) is 0 Å². The second-order valence-electron chi connectivity index (χ2n) is 13.4. The van der Waals surface area contributed by atoms with Gasteiger partial charge in [0.05, 0.1) is 5.60 Å². The average molecular weight is 560 g/mol. The Morgan fingerprint density at radius 2 is 1.80 bits per heavy atom. The van der Waals surface area contributed by atoms with E-state index in [1.54, 1.807) is 26.8 Å². The number of carbonyl (C=O) groups excluding carboxylic acids is 4. The fraction of sp³-hybridized carbons (Fsp3) is 0.667. The van der Waals surface area contributed by atoms with E-state index in [0.29, 0.717) is 31.2 Å². The van der Waals surface area contributed by atoms with Crippen molar-refractivity contribution in [2.24, 2.45) is 11.7 Å². The molecule has 4 atom stereocenters. The lowest BCUT2D eigenvalue weighted by Crippen LogP contribution is -2.49. The van der Waals surface area contributed by atoms with Crippen LogP contribution in [0.1, 0.15) is 102 Å². The lowest BCUT2D eigenvalue weighted by atomic mass is 9.73. The van der Waals surface area contributed by atoms with Crippen LogP contribution in [0.2, 0.25) is 0 Å². The maximum absolute atomic E-state index is 13.2. The minimum Gasteiger partial charge on any atom is -0.460 e. The molecule has 1 aliphatic heterocycles. The highest BCUT2D eigenvalue weighted by molar-refractivity contribution is 6.01. The number of nitrogens with two attached hydrogens (primary N) is 1. The van der Waals surface area contributed by atoms with E-state index in [-0.39, 0.29) is 37.3 Å². The van der Waals surface area contributed by atoms with E-state index in [1.807, 2.05) is 39.8 Å². The van der Waals surface area contributed by atoms with Crippen molar-refractivity contribution in [3.05, 3.63) is 34.9 Å². The zero-order valence-electron chi connectivity index (χ0n) is 24.8. The van der Waals surface area contributed by atoms with Gasteiger partial charge in [-0.15, -0.1) is 0 Å². The van der Waals surface area contributed by atoms with Gasteiger partial charge in [0.25, 0.3) is 5.91 Å². The molecule has 1 fully saturated rings. The second kappa shape index (κ2) is 11.8. The third-order valence-electron chi connectivity index (χ3n) is 7.21. The molecule has 10 nitrogen and oxygen atoms in total. The summed E-state index contributed by atoms with van der Waals surface area (Å²) >= 11 is 0. The Balaban J connectivity index is 1.72. The van der Waals surface area contributed by atoms with Crippen LogP contribution < -0.4 is 11.1 Å². The minimum atomic E-state index is -0.938. The number of benzene rings is 1. The first-order valence-electron chi connectivity index (χ1n) is 14.0. The molecule has 1 aromatic carbocycles. The Bertz CT molecular complexity index is 1130. The van der Waals surface area contributed by atoms with E-state index in [0.717, 1.165) is 11.1 Å². The Kier molecular flexibility index (Phi) is 9.23. The van der Waals surface area contributed by atoms with Crippen molar-refractivity contribution in [3.63, 3.8) is 0 Å². The third kappa shape index (κ3) is 8.68. The Labute approximate surface area is 236 Å². The quantitative estimate of drug-likeness (QED) is 0.412. The van der Waals surface area contributed by atoms with Crippen LogP contribution in [-0.4, -0.2) is 62.8 Å². The normalized spacial score (nSPS) is 23.8. The fourth-order valence-corrected chi connectivity index (χ4v) is 5.55. The van der Waals surface area contributed by atoms with Crippen molar-refractivity contribution in [1.29, 1.82) is 0 Å². The first kappa shape index (κ1) is 31.4. The number of hydrogen-bond acceptors (Lipinski definition) is 7. The molecule has 1 aromatic rings. The van der Waals surface area contributed by atoms with Gasteiger partial charge < -0.3 is 30.5 Å². The van der Waals surface area contributed by atoms with Gasteiger partial charge in [0, 0.05) is 24.6 Å². The summed E-state index contributed by atoms with van der Waals surface area (Å²) in [5, 5.41) is 13.8. The van der Waals surface area contributed by atoms with E-state index in [9.17, 15) is 24.3 Å². The number of nitrogens with one attached hydrogen (secondary N) is 1. The van der Waals surface area contributed by atoms with Gasteiger partial charge in [-0.25, -0.2) is 4.79 Å². The Hall–Kier alpha value is -3.14. The molecule has 0 spiro atoms. The molecule has 40 heavy (non-hydrogen) atoms. The lowest BCUT2D eigenvalue weighted by molar-refractivity contribution is -0.155. The van der Waals surface area contributed by atoms with Crippen LogP contribution in [0, 0.1) is 5.92 Å². The number of nitrogens with zero attached hydrogens (tertiary/aromatic N) is 1.